The Bertz CT molecular complexity index is 2900. The van der Waals surface area contributed by atoms with Crippen molar-refractivity contribution in [2.75, 3.05) is 0 Å². The van der Waals surface area contributed by atoms with Crippen molar-refractivity contribution in [2.24, 2.45) is 0 Å². The van der Waals surface area contributed by atoms with Gasteiger partial charge in [0.25, 0.3) is 0 Å². The maximum atomic E-state index is 14.8. The van der Waals surface area contributed by atoms with Gasteiger partial charge in [0.1, 0.15) is 11.2 Å². The van der Waals surface area contributed by atoms with Gasteiger partial charge in [-0.15, -0.1) is 11.7 Å². The molecule has 0 unspecified atom stereocenters. The molecule has 244 valence electrons. The van der Waals surface area contributed by atoms with E-state index >= 15 is 0 Å². The summed E-state index contributed by atoms with van der Waals surface area (Å²) in [5, 5.41) is 7.91. The average Bonchev–Trinajstić information content (AvgIpc) is 3.55. The number of benzene rings is 9. The highest BCUT2D eigenvalue weighted by Crippen LogP contribution is 2.65. The minimum absolute atomic E-state index is 0.218. The standard InChI is InChI=1S/C46H27F3OS/c47-51(48,49)46-35-22-10-8-20-33(35)42(34-21-9-11-23-36(34)46)37-24-13-27-40-44(37)39-26-12-25-38(45(39)50-40)43-31-18-6-4-16-29(31)41(28-14-2-1-3-15-28)30-17-5-7-19-32(30)43/h1-27H. The van der Waals surface area contributed by atoms with Gasteiger partial charge in [-0.1, -0.05) is 158 Å². The van der Waals surface area contributed by atoms with Crippen molar-refractivity contribution in [3.8, 4) is 33.4 Å². The molecular formula is C46H27F3OS. The molecule has 10 rings (SSSR count). The Kier molecular flexibility index (Phi) is 6.58. The molecule has 51 heavy (non-hydrogen) atoms. The summed E-state index contributed by atoms with van der Waals surface area (Å²) in [5.41, 5.74) is 7.43. The van der Waals surface area contributed by atoms with Crippen LogP contribution in [0.15, 0.2) is 173 Å². The van der Waals surface area contributed by atoms with Crippen LogP contribution in [0.3, 0.4) is 0 Å². The molecule has 0 atom stereocenters. The monoisotopic (exact) mass is 684 g/mol. The topological polar surface area (TPSA) is 13.1 Å². The van der Waals surface area contributed by atoms with E-state index in [-0.39, 0.29) is 10.8 Å². The van der Waals surface area contributed by atoms with Crippen LogP contribution in [0.2, 0.25) is 0 Å². The lowest BCUT2D eigenvalue weighted by atomic mass is 9.85. The summed E-state index contributed by atoms with van der Waals surface area (Å²) in [7, 11) is 0. The molecule has 1 nitrogen and oxygen atoms in total. The van der Waals surface area contributed by atoms with Crippen LogP contribution >= 0.6 is 11.2 Å². The predicted molar refractivity (Wildman–Crippen MR) is 209 cm³/mol. The van der Waals surface area contributed by atoms with Crippen molar-refractivity contribution >= 4 is 76.2 Å². The first-order valence-electron chi connectivity index (χ1n) is 16.8. The highest BCUT2D eigenvalue weighted by molar-refractivity contribution is 8.21. The molecule has 0 aliphatic heterocycles. The maximum absolute atomic E-state index is 14.8. The third-order valence-corrected chi connectivity index (χ3v) is 11.1. The summed E-state index contributed by atoms with van der Waals surface area (Å²) in [4.78, 5) is -0.526. The summed E-state index contributed by atoms with van der Waals surface area (Å²) in [6, 6.07) is 53.5. The second kappa shape index (κ2) is 11.2. The van der Waals surface area contributed by atoms with Crippen LogP contribution in [0.5, 0.6) is 0 Å². The number of hydrogen-bond acceptors (Lipinski definition) is 1. The molecule has 0 aliphatic rings. The molecule has 0 N–H and O–H groups in total. The smallest absolute Gasteiger partial charge is 0.238 e. The van der Waals surface area contributed by atoms with E-state index in [1.54, 1.807) is 24.3 Å². The van der Waals surface area contributed by atoms with Crippen LogP contribution < -0.4 is 0 Å². The molecular weight excluding hydrogens is 658 g/mol. The first-order chi connectivity index (χ1) is 25.0. The SMILES string of the molecule is FS(F)(F)c1c2ccccc2c(-c2cccc3oc4c(-c5c6ccccc6c(-c6ccccc6)c6ccccc56)cccc4c23)c2ccccc12. The largest absolute Gasteiger partial charge is 0.455 e. The fourth-order valence-electron chi connectivity index (χ4n) is 8.22. The van der Waals surface area contributed by atoms with Crippen molar-refractivity contribution in [1.82, 2.24) is 0 Å². The van der Waals surface area contributed by atoms with Gasteiger partial charge in [0.05, 0.1) is 4.90 Å². The fourth-order valence-corrected chi connectivity index (χ4v) is 9.07. The van der Waals surface area contributed by atoms with Gasteiger partial charge >= 0.3 is 0 Å². The van der Waals surface area contributed by atoms with Gasteiger partial charge in [0.15, 0.2) is 0 Å². The zero-order valence-corrected chi connectivity index (χ0v) is 27.9. The van der Waals surface area contributed by atoms with Crippen molar-refractivity contribution in [2.45, 2.75) is 4.90 Å². The number of fused-ring (bicyclic) bond motifs is 7. The van der Waals surface area contributed by atoms with Crippen LogP contribution in [0.1, 0.15) is 0 Å². The van der Waals surface area contributed by atoms with E-state index < -0.39 is 16.1 Å². The Morgan fingerprint density at radius 3 is 1.31 bits per heavy atom. The first-order valence-corrected chi connectivity index (χ1v) is 18.1. The summed E-state index contributed by atoms with van der Waals surface area (Å²) in [5.74, 6) is 0. The molecule has 0 bridgehead atoms. The van der Waals surface area contributed by atoms with Crippen LogP contribution in [0.25, 0.3) is 98.4 Å². The molecule has 0 radical (unpaired) electrons. The molecule has 1 heterocycles. The second-order valence-corrected chi connectivity index (χ2v) is 14.1. The predicted octanol–water partition coefficient (Wildman–Crippen LogP) is 15.0. The van der Waals surface area contributed by atoms with Gasteiger partial charge in [-0.05, 0) is 60.6 Å². The maximum Gasteiger partial charge on any atom is 0.238 e. The van der Waals surface area contributed by atoms with E-state index in [0.717, 1.165) is 65.7 Å². The molecule has 0 amide bonds. The van der Waals surface area contributed by atoms with Gasteiger partial charge in [0, 0.05) is 32.7 Å². The van der Waals surface area contributed by atoms with E-state index in [0.29, 0.717) is 16.4 Å². The van der Waals surface area contributed by atoms with E-state index in [1.807, 2.05) is 48.5 Å². The summed E-state index contributed by atoms with van der Waals surface area (Å²) >= 11 is -5.53. The normalized spacial score (nSPS) is 12.5. The highest BCUT2D eigenvalue weighted by atomic mass is 32.3. The van der Waals surface area contributed by atoms with Crippen molar-refractivity contribution in [3.05, 3.63) is 164 Å². The van der Waals surface area contributed by atoms with Crippen molar-refractivity contribution < 1.29 is 16.1 Å². The summed E-state index contributed by atoms with van der Waals surface area (Å²) in [6.45, 7) is 0. The fraction of sp³-hybridized carbons (Fsp3) is 0. The van der Waals surface area contributed by atoms with Gasteiger partial charge < -0.3 is 4.42 Å². The number of hydrogen-bond donors (Lipinski definition) is 0. The van der Waals surface area contributed by atoms with Gasteiger partial charge in [-0.3, -0.25) is 0 Å². The molecule has 1 aromatic heterocycles. The molecule has 0 saturated heterocycles. The Morgan fingerprint density at radius 1 is 0.353 bits per heavy atom. The van der Waals surface area contributed by atoms with Crippen LogP contribution in [0.4, 0.5) is 11.7 Å². The molecule has 0 aliphatic carbocycles. The molecule has 10 aromatic rings. The quantitative estimate of drug-likeness (QED) is 0.168. The Hall–Kier alpha value is -6.04. The zero-order chi connectivity index (χ0) is 34.3. The number of furan rings is 1. The third-order valence-electron chi connectivity index (χ3n) is 10.2. The number of para-hydroxylation sites is 1. The lowest BCUT2D eigenvalue weighted by Gasteiger charge is -2.20. The Labute approximate surface area is 293 Å². The van der Waals surface area contributed by atoms with Crippen LogP contribution in [-0.4, -0.2) is 0 Å². The van der Waals surface area contributed by atoms with E-state index in [4.69, 9.17) is 4.42 Å². The summed E-state index contributed by atoms with van der Waals surface area (Å²) in [6.07, 6.45) is 0. The first kappa shape index (κ1) is 29.8. The van der Waals surface area contributed by atoms with E-state index in [2.05, 4.69) is 91.0 Å². The van der Waals surface area contributed by atoms with Crippen LogP contribution in [0, 0.1) is 0 Å². The van der Waals surface area contributed by atoms with Crippen molar-refractivity contribution in [3.63, 3.8) is 0 Å². The molecule has 0 fully saturated rings. The second-order valence-electron chi connectivity index (χ2n) is 12.9. The molecule has 0 spiro atoms. The minimum Gasteiger partial charge on any atom is -0.455 e. The van der Waals surface area contributed by atoms with Crippen molar-refractivity contribution in [1.29, 1.82) is 0 Å². The molecule has 9 aromatic carbocycles. The van der Waals surface area contributed by atoms with Gasteiger partial charge in [-0.2, -0.15) is 0 Å². The number of rotatable bonds is 4. The van der Waals surface area contributed by atoms with Gasteiger partial charge in [-0.25, -0.2) is 0 Å². The third kappa shape index (κ3) is 4.44. The zero-order valence-electron chi connectivity index (χ0n) is 27.0. The molecule has 5 heteroatoms. The molecule has 0 saturated carbocycles. The Morgan fingerprint density at radius 2 is 0.765 bits per heavy atom. The number of halogens is 3. The van der Waals surface area contributed by atoms with Crippen LogP contribution in [-0.2, 0) is 0 Å². The lowest BCUT2D eigenvalue weighted by Crippen LogP contribution is -1.92. The van der Waals surface area contributed by atoms with E-state index in [9.17, 15) is 11.7 Å². The summed E-state index contributed by atoms with van der Waals surface area (Å²) < 4.78 is 51.3. The van der Waals surface area contributed by atoms with E-state index in [1.165, 1.54) is 5.56 Å². The van der Waals surface area contributed by atoms with Gasteiger partial charge in [0.2, 0.25) is 11.2 Å². The average molecular weight is 685 g/mol. The lowest BCUT2D eigenvalue weighted by molar-refractivity contribution is 0.637. The highest BCUT2D eigenvalue weighted by Gasteiger charge is 2.32. The minimum atomic E-state index is -5.53. The Balaban J connectivity index is 1.32.